The summed E-state index contributed by atoms with van der Waals surface area (Å²) in [5.74, 6) is 0.722. The second-order valence-electron chi connectivity index (χ2n) is 4.75. The molecule has 1 unspecified atom stereocenters. The topological polar surface area (TPSA) is 64.3 Å². The Morgan fingerprint density at radius 2 is 1.81 bits per heavy atom. The first-order chi connectivity index (χ1) is 10.3. The van der Waals surface area contributed by atoms with E-state index in [9.17, 15) is 4.79 Å². The van der Waals surface area contributed by atoms with Crippen LogP contribution in [0.2, 0.25) is 0 Å². The van der Waals surface area contributed by atoms with Gasteiger partial charge in [-0.3, -0.25) is 4.79 Å². The van der Waals surface area contributed by atoms with Crippen LogP contribution in [0.5, 0.6) is 5.75 Å². The maximum absolute atomic E-state index is 12.1. The van der Waals surface area contributed by atoms with Crippen molar-refractivity contribution in [1.29, 1.82) is 0 Å². The Hall–Kier alpha value is -2.33. The molecule has 2 aromatic rings. The molecule has 3 N–H and O–H groups in total. The van der Waals surface area contributed by atoms with Crippen molar-refractivity contribution in [3.63, 3.8) is 0 Å². The minimum atomic E-state index is -0.0936. The van der Waals surface area contributed by atoms with E-state index >= 15 is 0 Å². The molecule has 2 aromatic carbocycles. The molecule has 0 aliphatic rings. The summed E-state index contributed by atoms with van der Waals surface area (Å²) < 4.78 is 5.35. The van der Waals surface area contributed by atoms with E-state index in [1.807, 2.05) is 42.5 Å². The van der Waals surface area contributed by atoms with Crippen LogP contribution in [0.25, 0.3) is 0 Å². The van der Waals surface area contributed by atoms with Gasteiger partial charge in [-0.2, -0.15) is 0 Å². The second-order valence-corrected chi connectivity index (χ2v) is 4.75. The Balaban J connectivity index is 2.05. The molecule has 0 saturated heterocycles. The number of ether oxygens (including phenoxy) is 1. The summed E-state index contributed by atoms with van der Waals surface area (Å²) in [5.41, 5.74) is 7.50. The molecule has 0 radical (unpaired) electrons. The summed E-state index contributed by atoms with van der Waals surface area (Å²) in [4.78, 5) is 12.1. The van der Waals surface area contributed by atoms with Crippen LogP contribution >= 0.6 is 0 Å². The highest BCUT2D eigenvalue weighted by atomic mass is 16.5. The summed E-state index contributed by atoms with van der Waals surface area (Å²) in [6.45, 7) is 0.917. The molecule has 0 fully saturated rings. The van der Waals surface area contributed by atoms with Crippen molar-refractivity contribution < 1.29 is 9.53 Å². The zero-order valence-corrected chi connectivity index (χ0v) is 12.1. The van der Waals surface area contributed by atoms with Gasteiger partial charge in [-0.1, -0.05) is 36.4 Å². The van der Waals surface area contributed by atoms with E-state index in [1.165, 1.54) is 0 Å². The van der Waals surface area contributed by atoms with E-state index in [-0.39, 0.29) is 11.8 Å². The Morgan fingerprint density at radius 3 is 2.48 bits per heavy atom. The molecule has 0 aromatic heterocycles. The molecule has 21 heavy (non-hydrogen) atoms. The number of nitrogens with two attached hydrogens (primary N) is 1. The van der Waals surface area contributed by atoms with Gasteiger partial charge >= 0.3 is 0 Å². The fourth-order valence-corrected chi connectivity index (χ4v) is 2.23. The van der Waals surface area contributed by atoms with Crippen LogP contribution in [-0.2, 0) is 0 Å². The van der Waals surface area contributed by atoms with Gasteiger partial charge < -0.3 is 15.8 Å². The molecule has 0 heterocycles. The number of hydrogen-bond acceptors (Lipinski definition) is 3. The van der Waals surface area contributed by atoms with Gasteiger partial charge in [-0.15, -0.1) is 0 Å². The molecule has 1 atom stereocenters. The van der Waals surface area contributed by atoms with Crippen LogP contribution in [0.3, 0.4) is 0 Å². The SMILES string of the molecule is COc1ccccc1C(CN)CNC(=O)c1ccccc1. The van der Waals surface area contributed by atoms with Gasteiger partial charge in [-0.05, 0) is 18.2 Å². The van der Waals surface area contributed by atoms with E-state index in [4.69, 9.17) is 10.5 Å². The first kappa shape index (κ1) is 15.1. The van der Waals surface area contributed by atoms with Gasteiger partial charge in [0.05, 0.1) is 7.11 Å². The summed E-state index contributed by atoms with van der Waals surface area (Å²) in [6.07, 6.45) is 0. The number of carbonyl (C=O) groups excluding carboxylic acids is 1. The molecule has 2 rings (SSSR count). The second kappa shape index (κ2) is 7.45. The number of carbonyl (C=O) groups is 1. The van der Waals surface area contributed by atoms with Gasteiger partial charge in [-0.25, -0.2) is 0 Å². The minimum absolute atomic E-state index is 0.0220. The highest BCUT2D eigenvalue weighted by Crippen LogP contribution is 2.25. The Bertz CT molecular complexity index is 584. The summed E-state index contributed by atoms with van der Waals surface area (Å²) in [5, 5.41) is 2.93. The summed E-state index contributed by atoms with van der Waals surface area (Å²) in [7, 11) is 1.63. The van der Waals surface area contributed by atoms with Crippen LogP contribution < -0.4 is 15.8 Å². The van der Waals surface area contributed by atoms with Crippen LogP contribution in [0.15, 0.2) is 54.6 Å². The molecule has 4 heteroatoms. The van der Waals surface area contributed by atoms with Crippen LogP contribution in [0, 0.1) is 0 Å². The molecule has 4 nitrogen and oxygen atoms in total. The molecule has 0 bridgehead atoms. The van der Waals surface area contributed by atoms with Crippen molar-refractivity contribution in [2.45, 2.75) is 5.92 Å². The van der Waals surface area contributed by atoms with E-state index in [1.54, 1.807) is 19.2 Å². The predicted molar refractivity (Wildman–Crippen MR) is 83.6 cm³/mol. The van der Waals surface area contributed by atoms with Crippen molar-refractivity contribution in [1.82, 2.24) is 5.32 Å². The monoisotopic (exact) mass is 284 g/mol. The average molecular weight is 284 g/mol. The molecule has 1 amide bonds. The van der Waals surface area contributed by atoms with Gasteiger partial charge in [0, 0.05) is 30.1 Å². The van der Waals surface area contributed by atoms with Crippen molar-refractivity contribution in [2.24, 2.45) is 5.73 Å². The van der Waals surface area contributed by atoms with Gasteiger partial charge in [0.15, 0.2) is 0 Å². The van der Waals surface area contributed by atoms with Gasteiger partial charge in [0.25, 0.3) is 5.91 Å². The molecule has 0 aliphatic carbocycles. The van der Waals surface area contributed by atoms with Crippen LogP contribution in [0.4, 0.5) is 0 Å². The molecule has 0 saturated carbocycles. The average Bonchev–Trinajstić information content (AvgIpc) is 2.56. The first-order valence-corrected chi connectivity index (χ1v) is 6.92. The number of hydrogen-bond donors (Lipinski definition) is 2. The van der Waals surface area contributed by atoms with Crippen LogP contribution in [-0.4, -0.2) is 26.1 Å². The molecule has 0 aliphatic heterocycles. The number of rotatable bonds is 6. The number of amides is 1. The summed E-state index contributed by atoms with van der Waals surface area (Å²) in [6, 6.07) is 16.9. The molecule has 110 valence electrons. The number of nitrogens with one attached hydrogen (secondary N) is 1. The zero-order chi connectivity index (χ0) is 15.1. The fraction of sp³-hybridized carbons (Fsp3) is 0.235. The van der Waals surface area contributed by atoms with Gasteiger partial charge in [0.2, 0.25) is 0 Å². The maximum atomic E-state index is 12.1. The van der Waals surface area contributed by atoms with Gasteiger partial charge in [0.1, 0.15) is 5.75 Å². The number of para-hydroxylation sites is 1. The normalized spacial score (nSPS) is 11.7. The third-order valence-corrected chi connectivity index (χ3v) is 3.41. The van der Waals surface area contributed by atoms with Crippen molar-refractivity contribution in [2.75, 3.05) is 20.2 Å². The zero-order valence-electron chi connectivity index (χ0n) is 12.1. The Labute approximate surface area is 124 Å². The maximum Gasteiger partial charge on any atom is 0.251 e. The third-order valence-electron chi connectivity index (χ3n) is 3.41. The fourth-order valence-electron chi connectivity index (χ4n) is 2.23. The lowest BCUT2D eigenvalue weighted by molar-refractivity contribution is 0.0951. The molecule has 0 spiro atoms. The molecular weight excluding hydrogens is 264 g/mol. The lowest BCUT2D eigenvalue weighted by Crippen LogP contribution is -2.31. The number of benzene rings is 2. The Morgan fingerprint density at radius 1 is 1.14 bits per heavy atom. The van der Waals surface area contributed by atoms with Crippen molar-refractivity contribution >= 4 is 5.91 Å². The first-order valence-electron chi connectivity index (χ1n) is 6.92. The standard InChI is InChI=1S/C17H20N2O2/c1-21-16-10-6-5-9-15(16)14(11-18)12-19-17(20)13-7-3-2-4-8-13/h2-10,14H,11-12,18H2,1H3,(H,19,20). The van der Waals surface area contributed by atoms with Crippen LogP contribution in [0.1, 0.15) is 21.8 Å². The number of methoxy groups -OCH3 is 1. The third kappa shape index (κ3) is 3.83. The van der Waals surface area contributed by atoms with Crippen molar-refractivity contribution in [3.8, 4) is 5.75 Å². The van der Waals surface area contributed by atoms with E-state index in [0.29, 0.717) is 18.7 Å². The minimum Gasteiger partial charge on any atom is -0.496 e. The highest BCUT2D eigenvalue weighted by molar-refractivity contribution is 5.94. The van der Waals surface area contributed by atoms with E-state index in [2.05, 4.69) is 5.32 Å². The quantitative estimate of drug-likeness (QED) is 0.854. The lowest BCUT2D eigenvalue weighted by atomic mass is 9.98. The smallest absolute Gasteiger partial charge is 0.251 e. The molecular formula is C17H20N2O2. The largest absolute Gasteiger partial charge is 0.496 e. The van der Waals surface area contributed by atoms with E-state index < -0.39 is 0 Å². The van der Waals surface area contributed by atoms with E-state index in [0.717, 1.165) is 11.3 Å². The predicted octanol–water partition coefficient (Wildman–Crippen LogP) is 2.17. The van der Waals surface area contributed by atoms with Crippen molar-refractivity contribution in [3.05, 3.63) is 65.7 Å². The Kier molecular flexibility index (Phi) is 5.35. The highest BCUT2D eigenvalue weighted by Gasteiger charge is 2.15. The summed E-state index contributed by atoms with van der Waals surface area (Å²) >= 11 is 0. The lowest BCUT2D eigenvalue weighted by Gasteiger charge is -2.18.